The molecule has 2 aromatic heterocycles. The number of amides is 1. The first kappa shape index (κ1) is 19.0. The van der Waals surface area contributed by atoms with Crippen LogP contribution in [0.25, 0.3) is 11.0 Å². The molecule has 3 heterocycles. The second-order valence-corrected chi connectivity index (χ2v) is 7.91. The second kappa shape index (κ2) is 7.66. The van der Waals surface area contributed by atoms with Gasteiger partial charge in [-0.1, -0.05) is 0 Å². The number of hydrogen-bond acceptors (Lipinski definition) is 4. The SMILES string of the molecule is O=C1CN(C2CC2)c2ccncc2N1Cc1nc2cc(F)ccc2n1CCCCF. The Morgan fingerprint density at radius 2 is 2.00 bits per heavy atom. The van der Waals surface area contributed by atoms with Crippen molar-refractivity contribution in [2.45, 2.75) is 44.8 Å². The molecule has 8 heteroatoms. The minimum atomic E-state index is -0.378. The molecule has 0 unspecified atom stereocenters. The minimum Gasteiger partial charge on any atom is -0.357 e. The largest absolute Gasteiger partial charge is 0.357 e. The molecule has 1 aromatic carbocycles. The van der Waals surface area contributed by atoms with E-state index in [9.17, 15) is 13.6 Å². The van der Waals surface area contributed by atoms with E-state index in [1.54, 1.807) is 23.4 Å². The van der Waals surface area contributed by atoms with Gasteiger partial charge in [-0.3, -0.25) is 19.1 Å². The molecule has 0 N–H and O–H groups in total. The monoisotopic (exact) mass is 411 g/mol. The maximum Gasteiger partial charge on any atom is 0.247 e. The van der Waals surface area contributed by atoms with Crippen molar-refractivity contribution < 1.29 is 13.6 Å². The van der Waals surface area contributed by atoms with Gasteiger partial charge in [-0.25, -0.2) is 9.37 Å². The molecule has 0 radical (unpaired) electrons. The summed E-state index contributed by atoms with van der Waals surface area (Å²) in [4.78, 5) is 25.8. The Labute approximate surface area is 173 Å². The van der Waals surface area contributed by atoms with Crippen LogP contribution in [0.5, 0.6) is 0 Å². The van der Waals surface area contributed by atoms with Gasteiger partial charge in [0.05, 0.1) is 48.4 Å². The molecule has 1 fully saturated rings. The molecular weight excluding hydrogens is 388 g/mol. The van der Waals surface area contributed by atoms with Crippen molar-refractivity contribution in [1.82, 2.24) is 14.5 Å². The first-order chi connectivity index (χ1) is 14.7. The summed E-state index contributed by atoms with van der Waals surface area (Å²) in [6.07, 6.45) is 6.77. The molecule has 0 bridgehead atoms. The highest BCUT2D eigenvalue weighted by Gasteiger charge is 2.38. The number of carbonyl (C=O) groups is 1. The predicted molar refractivity (Wildman–Crippen MR) is 111 cm³/mol. The van der Waals surface area contributed by atoms with E-state index in [0.29, 0.717) is 43.3 Å². The lowest BCUT2D eigenvalue weighted by atomic mass is 10.2. The van der Waals surface area contributed by atoms with Crippen LogP contribution in [0.4, 0.5) is 20.2 Å². The number of halogens is 2. The van der Waals surface area contributed by atoms with Gasteiger partial charge in [-0.15, -0.1) is 0 Å². The molecule has 1 aliphatic heterocycles. The summed E-state index contributed by atoms with van der Waals surface area (Å²) < 4.78 is 28.4. The summed E-state index contributed by atoms with van der Waals surface area (Å²) in [6, 6.07) is 6.86. The van der Waals surface area contributed by atoms with Crippen LogP contribution in [0.15, 0.2) is 36.7 Å². The smallest absolute Gasteiger partial charge is 0.247 e. The number of nitrogens with zero attached hydrogens (tertiary/aromatic N) is 5. The van der Waals surface area contributed by atoms with Crippen molar-refractivity contribution in [3.05, 3.63) is 48.3 Å². The number of aryl methyl sites for hydroxylation is 1. The molecule has 30 heavy (non-hydrogen) atoms. The van der Waals surface area contributed by atoms with Crippen molar-refractivity contribution in [2.75, 3.05) is 23.0 Å². The summed E-state index contributed by atoms with van der Waals surface area (Å²) in [5.41, 5.74) is 3.12. The molecule has 0 saturated heterocycles. The summed E-state index contributed by atoms with van der Waals surface area (Å²) in [7, 11) is 0. The molecule has 1 aliphatic carbocycles. The molecular formula is C22H23F2N5O. The summed E-state index contributed by atoms with van der Waals surface area (Å²) >= 11 is 0. The zero-order chi connectivity index (χ0) is 20.7. The Morgan fingerprint density at radius 1 is 1.13 bits per heavy atom. The highest BCUT2D eigenvalue weighted by Crippen LogP contribution is 2.40. The molecule has 2 aliphatic rings. The number of hydrogen-bond donors (Lipinski definition) is 0. The number of alkyl halides is 1. The van der Waals surface area contributed by atoms with Crippen LogP contribution < -0.4 is 9.80 Å². The fourth-order valence-electron chi connectivity index (χ4n) is 4.19. The van der Waals surface area contributed by atoms with E-state index in [1.165, 1.54) is 12.1 Å². The number of fused-ring (bicyclic) bond motifs is 2. The fourth-order valence-corrected chi connectivity index (χ4v) is 4.19. The molecule has 1 amide bonds. The Morgan fingerprint density at radius 3 is 2.80 bits per heavy atom. The van der Waals surface area contributed by atoms with Crippen LogP contribution in [-0.2, 0) is 17.9 Å². The van der Waals surface area contributed by atoms with Gasteiger partial charge in [-0.2, -0.15) is 0 Å². The highest BCUT2D eigenvalue weighted by molar-refractivity contribution is 6.03. The number of anilines is 2. The van der Waals surface area contributed by atoms with Crippen molar-refractivity contribution in [3.8, 4) is 0 Å². The number of imidazole rings is 1. The predicted octanol–water partition coefficient (Wildman–Crippen LogP) is 3.84. The first-order valence-electron chi connectivity index (χ1n) is 10.4. The Hall–Kier alpha value is -3.03. The van der Waals surface area contributed by atoms with E-state index in [1.807, 2.05) is 10.6 Å². The number of pyridine rings is 1. The van der Waals surface area contributed by atoms with E-state index >= 15 is 0 Å². The summed E-state index contributed by atoms with van der Waals surface area (Å²) in [5.74, 6) is 0.305. The zero-order valence-electron chi connectivity index (χ0n) is 16.6. The van der Waals surface area contributed by atoms with Gasteiger partial charge in [-0.05, 0) is 43.9 Å². The molecule has 1 saturated carbocycles. The lowest BCUT2D eigenvalue weighted by Gasteiger charge is -2.37. The van der Waals surface area contributed by atoms with Gasteiger partial charge in [0, 0.05) is 24.8 Å². The minimum absolute atomic E-state index is 0.00375. The van der Waals surface area contributed by atoms with Crippen molar-refractivity contribution in [3.63, 3.8) is 0 Å². The third kappa shape index (κ3) is 3.40. The number of rotatable bonds is 7. The van der Waals surface area contributed by atoms with Crippen molar-refractivity contribution in [1.29, 1.82) is 0 Å². The van der Waals surface area contributed by atoms with Crippen molar-refractivity contribution >= 4 is 28.3 Å². The number of unbranched alkanes of at least 4 members (excludes halogenated alkanes) is 1. The van der Waals surface area contributed by atoms with Crippen LogP contribution in [0.3, 0.4) is 0 Å². The van der Waals surface area contributed by atoms with Crippen LogP contribution in [0, 0.1) is 5.82 Å². The van der Waals surface area contributed by atoms with Crippen LogP contribution in [-0.4, -0.2) is 39.7 Å². The van der Waals surface area contributed by atoms with Gasteiger partial charge in [0.1, 0.15) is 11.6 Å². The quantitative estimate of drug-likeness (QED) is 0.555. The third-order valence-corrected chi connectivity index (χ3v) is 5.83. The number of aromatic nitrogens is 3. The van der Waals surface area contributed by atoms with E-state index < -0.39 is 0 Å². The Balaban J connectivity index is 1.52. The lowest BCUT2D eigenvalue weighted by molar-refractivity contribution is -0.117. The summed E-state index contributed by atoms with van der Waals surface area (Å²) in [5, 5.41) is 0. The average Bonchev–Trinajstić information content (AvgIpc) is 3.53. The van der Waals surface area contributed by atoms with E-state index in [2.05, 4.69) is 14.9 Å². The number of carbonyl (C=O) groups excluding carboxylic acids is 1. The normalized spacial score (nSPS) is 16.4. The van der Waals surface area contributed by atoms with Crippen LogP contribution >= 0.6 is 0 Å². The molecule has 5 rings (SSSR count). The second-order valence-electron chi connectivity index (χ2n) is 7.91. The third-order valence-electron chi connectivity index (χ3n) is 5.83. The standard InChI is InChI=1S/C22H23F2N5O/c23-8-1-2-10-27-18-6-3-15(24)11-17(18)26-21(27)13-29-20-12-25-9-7-19(20)28(14-22(29)30)16-4-5-16/h3,6-7,9,11-12,16H,1-2,4-5,8,10,13-14H2. The zero-order valence-corrected chi connectivity index (χ0v) is 16.6. The number of benzene rings is 1. The first-order valence-corrected chi connectivity index (χ1v) is 10.4. The fraction of sp³-hybridized carbons (Fsp3) is 0.409. The molecule has 0 atom stereocenters. The van der Waals surface area contributed by atoms with Gasteiger partial charge in [0.25, 0.3) is 0 Å². The summed E-state index contributed by atoms with van der Waals surface area (Å²) in [6.45, 7) is 0.787. The van der Waals surface area contributed by atoms with Crippen LogP contribution in [0.1, 0.15) is 31.5 Å². The van der Waals surface area contributed by atoms with Gasteiger partial charge < -0.3 is 9.47 Å². The van der Waals surface area contributed by atoms with E-state index in [0.717, 1.165) is 29.7 Å². The van der Waals surface area contributed by atoms with Gasteiger partial charge >= 0.3 is 0 Å². The molecule has 6 nitrogen and oxygen atoms in total. The van der Waals surface area contributed by atoms with Crippen LogP contribution in [0.2, 0.25) is 0 Å². The van der Waals surface area contributed by atoms with Crippen molar-refractivity contribution in [2.24, 2.45) is 0 Å². The molecule has 3 aromatic rings. The van der Waals surface area contributed by atoms with E-state index in [4.69, 9.17) is 0 Å². The topological polar surface area (TPSA) is 54.3 Å². The lowest BCUT2D eigenvalue weighted by Crippen LogP contribution is -2.46. The maximum atomic E-state index is 13.7. The Kier molecular flexibility index (Phi) is 4.84. The Bertz CT molecular complexity index is 1090. The van der Waals surface area contributed by atoms with E-state index in [-0.39, 0.29) is 24.9 Å². The average molecular weight is 411 g/mol. The molecule has 156 valence electrons. The van der Waals surface area contributed by atoms with Gasteiger partial charge in [0.15, 0.2) is 0 Å². The highest BCUT2D eigenvalue weighted by atomic mass is 19.1. The maximum absolute atomic E-state index is 13.7. The van der Waals surface area contributed by atoms with Gasteiger partial charge in [0.2, 0.25) is 5.91 Å². The molecule has 0 spiro atoms.